The number of isocyanates is 1. The summed E-state index contributed by atoms with van der Waals surface area (Å²) >= 11 is 6.05. The quantitative estimate of drug-likeness (QED) is 0.586. The van der Waals surface area contributed by atoms with Gasteiger partial charge in [0.1, 0.15) is 5.69 Å². The van der Waals surface area contributed by atoms with Crippen LogP contribution in [0.2, 0.25) is 5.02 Å². The van der Waals surface area contributed by atoms with Gasteiger partial charge in [0.05, 0.1) is 10.7 Å². The number of hydrogen-bond acceptors (Lipinski definition) is 3. The zero-order valence-corrected chi connectivity index (χ0v) is 8.98. The highest BCUT2D eigenvalue weighted by Crippen LogP contribution is 2.32. The summed E-state index contributed by atoms with van der Waals surface area (Å²) in [7, 11) is 0. The van der Waals surface area contributed by atoms with E-state index < -0.39 is 0 Å². The third-order valence-electron chi connectivity index (χ3n) is 2.08. The van der Waals surface area contributed by atoms with Crippen LogP contribution in [0.3, 0.4) is 0 Å². The molecule has 2 rings (SSSR count). The maximum Gasteiger partial charge on any atom is 0.240 e. The van der Waals surface area contributed by atoms with Gasteiger partial charge in [0.15, 0.2) is 0 Å². The van der Waals surface area contributed by atoms with E-state index in [0.717, 1.165) is 5.56 Å². The van der Waals surface area contributed by atoms with Gasteiger partial charge < -0.3 is 0 Å². The van der Waals surface area contributed by atoms with Crippen LogP contribution in [0.25, 0.3) is 11.3 Å². The van der Waals surface area contributed by atoms with Crippen LogP contribution in [0.5, 0.6) is 0 Å². The van der Waals surface area contributed by atoms with Crippen molar-refractivity contribution in [2.45, 2.75) is 0 Å². The highest BCUT2D eigenvalue weighted by atomic mass is 35.5. The van der Waals surface area contributed by atoms with Gasteiger partial charge in [0, 0.05) is 11.8 Å². The first-order valence-electron chi connectivity index (χ1n) is 4.60. The fourth-order valence-electron chi connectivity index (χ4n) is 1.40. The van der Waals surface area contributed by atoms with E-state index >= 15 is 0 Å². The van der Waals surface area contributed by atoms with Gasteiger partial charge in [-0.1, -0.05) is 29.8 Å². The summed E-state index contributed by atoms with van der Waals surface area (Å²) in [5.41, 5.74) is 1.79. The third kappa shape index (κ3) is 2.01. The fraction of sp³-hybridized carbons (Fsp3) is 0. The lowest BCUT2D eigenvalue weighted by molar-refractivity contribution is 0.565. The summed E-state index contributed by atoms with van der Waals surface area (Å²) < 4.78 is 0. The molecule has 16 heavy (non-hydrogen) atoms. The Labute approximate surface area is 97.4 Å². The van der Waals surface area contributed by atoms with Crippen LogP contribution in [0, 0.1) is 0 Å². The lowest BCUT2D eigenvalue weighted by atomic mass is 10.1. The molecule has 0 spiro atoms. The second-order valence-corrected chi connectivity index (χ2v) is 3.46. The van der Waals surface area contributed by atoms with E-state index in [0.29, 0.717) is 16.4 Å². The first-order chi connectivity index (χ1) is 7.83. The molecule has 0 aliphatic rings. The minimum absolute atomic E-state index is 0.464. The number of halogens is 1. The molecule has 0 unspecified atom stereocenters. The SMILES string of the molecule is O=C=Nc1cccnc1-c1ccccc1Cl. The number of benzene rings is 1. The number of nitrogens with zero attached hydrogens (tertiary/aromatic N) is 2. The van der Waals surface area contributed by atoms with Crippen molar-refractivity contribution in [3.8, 4) is 11.3 Å². The minimum atomic E-state index is 0.464. The van der Waals surface area contributed by atoms with Crippen LogP contribution in [0.1, 0.15) is 0 Å². The first kappa shape index (κ1) is 10.6. The number of rotatable bonds is 2. The first-order valence-corrected chi connectivity index (χ1v) is 4.98. The van der Waals surface area contributed by atoms with Gasteiger partial charge in [-0.25, -0.2) is 4.79 Å². The molecule has 0 fully saturated rings. The molecule has 2 aromatic rings. The highest BCUT2D eigenvalue weighted by Gasteiger charge is 2.08. The van der Waals surface area contributed by atoms with E-state index in [1.54, 1.807) is 24.4 Å². The molecular formula is C12H7ClN2O. The van der Waals surface area contributed by atoms with Crippen molar-refractivity contribution in [2.24, 2.45) is 4.99 Å². The van der Waals surface area contributed by atoms with Gasteiger partial charge >= 0.3 is 0 Å². The minimum Gasteiger partial charge on any atom is -0.254 e. The van der Waals surface area contributed by atoms with E-state index in [1.165, 1.54) is 6.08 Å². The van der Waals surface area contributed by atoms with Gasteiger partial charge in [0.2, 0.25) is 6.08 Å². The van der Waals surface area contributed by atoms with Gasteiger partial charge in [-0.3, -0.25) is 4.98 Å². The Bertz CT molecular complexity index is 562. The van der Waals surface area contributed by atoms with Gasteiger partial charge in [-0.2, -0.15) is 4.99 Å². The van der Waals surface area contributed by atoms with Crippen molar-refractivity contribution in [2.75, 3.05) is 0 Å². The molecule has 0 bridgehead atoms. The monoisotopic (exact) mass is 230 g/mol. The Kier molecular flexibility index (Phi) is 3.10. The molecule has 78 valence electrons. The molecule has 0 saturated heterocycles. The molecule has 1 aromatic heterocycles. The molecule has 0 N–H and O–H groups in total. The molecule has 1 heterocycles. The van der Waals surface area contributed by atoms with Gasteiger partial charge in [-0.15, -0.1) is 0 Å². The molecule has 0 aliphatic carbocycles. The lowest BCUT2D eigenvalue weighted by Crippen LogP contribution is -1.84. The molecule has 0 saturated carbocycles. The summed E-state index contributed by atoms with van der Waals surface area (Å²) in [4.78, 5) is 18.1. The van der Waals surface area contributed by atoms with E-state index in [2.05, 4.69) is 9.98 Å². The maximum absolute atomic E-state index is 10.3. The number of pyridine rings is 1. The van der Waals surface area contributed by atoms with E-state index in [9.17, 15) is 4.79 Å². The zero-order chi connectivity index (χ0) is 11.4. The Morgan fingerprint density at radius 3 is 2.75 bits per heavy atom. The second-order valence-electron chi connectivity index (χ2n) is 3.05. The molecule has 0 radical (unpaired) electrons. The molecule has 1 aromatic carbocycles. The summed E-state index contributed by atoms with van der Waals surface area (Å²) in [5, 5.41) is 0.573. The maximum atomic E-state index is 10.3. The molecule has 0 aliphatic heterocycles. The molecule has 0 atom stereocenters. The van der Waals surface area contributed by atoms with Crippen molar-refractivity contribution in [3.63, 3.8) is 0 Å². The van der Waals surface area contributed by atoms with Gasteiger partial charge in [0.25, 0.3) is 0 Å². The van der Waals surface area contributed by atoms with Crippen LogP contribution >= 0.6 is 11.6 Å². The highest BCUT2D eigenvalue weighted by molar-refractivity contribution is 6.33. The van der Waals surface area contributed by atoms with Crippen LogP contribution in [0.4, 0.5) is 5.69 Å². The smallest absolute Gasteiger partial charge is 0.240 e. The fourth-order valence-corrected chi connectivity index (χ4v) is 1.62. The Morgan fingerprint density at radius 1 is 1.19 bits per heavy atom. The molecule has 3 nitrogen and oxygen atoms in total. The number of carbonyl (C=O) groups excluding carboxylic acids is 1. The van der Waals surface area contributed by atoms with E-state index in [-0.39, 0.29) is 0 Å². The van der Waals surface area contributed by atoms with Gasteiger partial charge in [-0.05, 0) is 18.2 Å². The van der Waals surface area contributed by atoms with Crippen LogP contribution < -0.4 is 0 Å². The van der Waals surface area contributed by atoms with Crippen molar-refractivity contribution < 1.29 is 4.79 Å². The van der Waals surface area contributed by atoms with E-state index in [1.807, 2.05) is 18.2 Å². The Balaban J connectivity index is 2.64. The number of aromatic nitrogens is 1. The predicted molar refractivity (Wildman–Crippen MR) is 62.5 cm³/mol. The lowest BCUT2D eigenvalue weighted by Gasteiger charge is -2.04. The Morgan fingerprint density at radius 2 is 2.00 bits per heavy atom. The summed E-state index contributed by atoms with van der Waals surface area (Å²) in [6.07, 6.45) is 3.13. The second kappa shape index (κ2) is 4.71. The van der Waals surface area contributed by atoms with Crippen LogP contribution in [-0.4, -0.2) is 11.1 Å². The standard InChI is InChI=1S/C12H7ClN2O/c13-10-5-2-1-4-9(10)12-11(15-8-16)6-3-7-14-12/h1-7H. The average Bonchev–Trinajstić information content (AvgIpc) is 2.31. The number of hydrogen-bond donors (Lipinski definition) is 0. The summed E-state index contributed by atoms with van der Waals surface area (Å²) in [5.74, 6) is 0. The molecular weight excluding hydrogens is 224 g/mol. The van der Waals surface area contributed by atoms with Crippen molar-refractivity contribution in [1.29, 1.82) is 0 Å². The van der Waals surface area contributed by atoms with Crippen molar-refractivity contribution in [1.82, 2.24) is 4.98 Å². The average molecular weight is 231 g/mol. The zero-order valence-electron chi connectivity index (χ0n) is 8.22. The topological polar surface area (TPSA) is 42.3 Å². The van der Waals surface area contributed by atoms with Crippen molar-refractivity contribution >= 4 is 23.4 Å². The third-order valence-corrected chi connectivity index (χ3v) is 2.41. The predicted octanol–water partition coefficient (Wildman–Crippen LogP) is 3.37. The summed E-state index contributed by atoms with van der Waals surface area (Å²) in [6.45, 7) is 0. The molecule has 0 amide bonds. The van der Waals surface area contributed by atoms with Crippen LogP contribution in [0.15, 0.2) is 47.6 Å². The van der Waals surface area contributed by atoms with Crippen molar-refractivity contribution in [3.05, 3.63) is 47.6 Å². The normalized spacial score (nSPS) is 9.56. The van der Waals surface area contributed by atoms with E-state index in [4.69, 9.17) is 11.6 Å². The largest absolute Gasteiger partial charge is 0.254 e. The molecule has 4 heteroatoms. The number of aliphatic imine (C=N–C) groups is 1. The van der Waals surface area contributed by atoms with Crippen LogP contribution in [-0.2, 0) is 4.79 Å². The Hall–Kier alpha value is -1.96. The summed E-state index contributed by atoms with van der Waals surface area (Å²) in [6, 6.07) is 10.7.